The summed E-state index contributed by atoms with van der Waals surface area (Å²) in [6.45, 7) is 5.35. The molecule has 1 aliphatic heterocycles. The molecule has 184 valence electrons. The second-order valence-corrected chi connectivity index (χ2v) is 9.36. The van der Waals surface area contributed by atoms with Crippen LogP contribution in [0.5, 0.6) is 0 Å². The zero-order valence-corrected chi connectivity index (χ0v) is 20.0. The lowest BCUT2D eigenvalue weighted by atomic mass is 9.92. The molecule has 33 heavy (non-hydrogen) atoms. The summed E-state index contributed by atoms with van der Waals surface area (Å²) in [5.41, 5.74) is 5.02. The van der Waals surface area contributed by atoms with E-state index >= 15 is 4.39 Å². The van der Waals surface area contributed by atoms with Crippen molar-refractivity contribution in [3.05, 3.63) is 11.1 Å². The summed E-state index contributed by atoms with van der Waals surface area (Å²) in [5.74, 6) is -1.52. The van der Waals surface area contributed by atoms with Gasteiger partial charge in [-0.05, 0) is 44.8 Å². The first-order chi connectivity index (χ1) is 15.7. The Labute approximate surface area is 198 Å². The van der Waals surface area contributed by atoms with Crippen molar-refractivity contribution in [2.45, 2.75) is 58.0 Å². The average molecular weight is 486 g/mol. The Morgan fingerprint density at radius 3 is 2.58 bits per heavy atom. The van der Waals surface area contributed by atoms with Crippen LogP contribution >= 0.6 is 11.6 Å². The van der Waals surface area contributed by atoms with Crippen molar-refractivity contribution < 1.29 is 19.1 Å². The van der Waals surface area contributed by atoms with Crippen molar-refractivity contribution >= 4 is 35.2 Å². The summed E-state index contributed by atoms with van der Waals surface area (Å²) in [4.78, 5) is 35.8. The highest BCUT2D eigenvalue weighted by molar-refractivity contribution is 6.28. The van der Waals surface area contributed by atoms with E-state index in [2.05, 4.69) is 38.0 Å². The van der Waals surface area contributed by atoms with Gasteiger partial charge in [0.1, 0.15) is 0 Å². The zero-order chi connectivity index (χ0) is 24.1. The van der Waals surface area contributed by atoms with Crippen LogP contribution in [0.1, 0.15) is 46.0 Å². The van der Waals surface area contributed by atoms with E-state index in [1.54, 1.807) is 0 Å². The van der Waals surface area contributed by atoms with Crippen molar-refractivity contribution in [1.29, 1.82) is 0 Å². The molecule has 1 aromatic rings. The molecular weight excluding hydrogens is 453 g/mol. The van der Waals surface area contributed by atoms with Gasteiger partial charge in [-0.3, -0.25) is 20.5 Å². The van der Waals surface area contributed by atoms with Crippen LogP contribution in [0.15, 0.2) is 0 Å². The molecule has 1 saturated heterocycles. The summed E-state index contributed by atoms with van der Waals surface area (Å²) < 4.78 is 15.3. The number of amides is 2. The van der Waals surface area contributed by atoms with Gasteiger partial charge in [0.15, 0.2) is 11.6 Å². The topological polar surface area (TPSA) is 123 Å². The highest BCUT2D eigenvalue weighted by Gasteiger charge is 2.32. The first-order valence-corrected chi connectivity index (χ1v) is 11.8. The molecule has 2 amide bonds. The summed E-state index contributed by atoms with van der Waals surface area (Å²) >= 11 is 6.08. The Hall–Kier alpha value is -2.40. The van der Waals surface area contributed by atoms with Crippen molar-refractivity contribution in [2.75, 3.05) is 37.0 Å². The second-order valence-electron chi connectivity index (χ2n) is 9.02. The van der Waals surface area contributed by atoms with Gasteiger partial charge in [-0.1, -0.05) is 25.7 Å². The Morgan fingerprint density at radius 2 is 1.91 bits per heavy atom. The molecule has 0 aromatic carbocycles. The van der Waals surface area contributed by atoms with Gasteiger partial charge in [0.25, 0.3) is 0 Å². The van der Waals surface area contributed by atoms with Crippen LogP contribution in [-0.4, -0.2) is 70.7 Å². The summed E-state index contributed by atoms with van der Waals surface area (Å²) in [6.07, 6.45) is 3.63. The minimum absolute atomic E-state index is 0.00968. The van der Waals surface area contributed by atoms with Gasteiger partial charge in [0.2, 0.25) is 17.0 Å². The van der Waals surface area contributed by atoms with Gasteiger partial charge in [-0.15, -0.1) is 0 Å². The fourth-order valence-electron chi connectivity index (χ4n) is 4.65. The van der Waals surface area contributed by atoms with Gasteiger partial charge < -0.3 is 15.3 Å². The van der Waals surface area contributed by atoms with Crippen LogP contribution in [0.2, 0.25) is 5.28 Å². The molecule has 10 nitrogen and oxygen atoms in total. The largest absolute Gasteiger partial charge is 0.465 e. The standard InChI is InChI=1S/C21H33ClFN7O3/c1-12-13(2)30(9-8-29(12)3)18-16(23)17(25-20(22)26-18)27-28-19(31)15(11-24-21(32)33)10-14-6-4-5-7-14/h12-15,24H,4-11H2,1-3H3,(H,28,31)(H,32,33)(H,25,26,27)/t12-,13+,15-/m1/s1. The van der Waals surface area contributed by atoms with Crippen LogP contribution in [0.4, 0.5) is 20.8 Å². The van der Waals surface area contributed by atoms with E-state index in [1.807, 2.05) is 18.9 Å². The van der Waals surface area contributed by atoms with Crippen molar-refractivity contribution in [2.24, 2.45) is 11.8 Å². The number of carbonyl (C=O) groups is 2. The van der Waals surface area contributed by atoms with Crippen molar-refractivity contribution in [1.82, 2.24) is 25.6 Å². The van der Waals surface area contributed by atoms with Crippen LogP contribution in [0.25, 0.3) is 0 Å². The van der Waals surface area contributed by atoms with E-state index in [1.165, 1.54) is 0 Å². The number of aromatic nitrogens is 2. The fraction of sp³-hybridized carbons (Fsp3) is 0.714. The smallest absolute Gasteiger partial charge is 0.404 e. The lowest BCUT2D eigenvalue weighted by Crippen LogP contribution is -2.56. The SMILES string of the molecule is C[C@@H]1[C@H](C)N(c2nc(Cl)nc(NNC(=O)[C@@H](CNC(=O)O)CC3CCCC3)c2F)CCN1C. The van der Waals surface area contributed by atoms with Crippen LogP contribution in [-0.2, 0) is 4.79 Å². The average Bonchev–Trinajstić information content (AvgIpc) is 3.28. The van der Waals surface area contributed by atoms with Crippen LogP contribution in [0.3, 0.4) is 0 Å². The summed E-state index contributed by atoms with van der Waals surface area (Å²) in [5, 5.41) is 11.1. The molecular formula is C21H33ClFN7O3. The number of likely N-dealkylation sites (N-methyl/N-ethyl adjacent to an activating group) is 1. The number of halogens is 2. The molecule has 1 saturated carbocycles. The summed E-state index contributed by atoms with van der Waals surface area (Å²) in [7, 11) is 2.02. The van der Waals surface area contributed by atoms with Gasteiger partial charge in [0, 0.05) is 31.7 Å². The number of nitrogens with one attached hydrogen (secondary N) is 3. The number of anilines is 2. The molecule has 0 unspecified atom stereocenters. The van der Waals surface area contributed by atoms with E-state index in [-0.39, 0.29) is 35.5 Å². The zero-order valence-electron chi connectivity index (χ0n) is 19.3. The quantitative estimate of drug-likeness (QED) is 0.327. The maximum atomic E-state index is 15.3. The van der Waals surface area contributed by atoms with Crippen molar-refractivity contribution in [3.8, 4) is 0 Å². The molecule has 3 rings (SSSR count). The van der Waals surface area contributed by atoms with Crippen molar-refractivity contribution in [3.63, 3.8) is 0 Å². The molecule has 4 N–H and O–H groups in total. The molecule has 1 aliphatic carbocycles. The number of rotatable bonds is 8. The van der Waals surface area contributed by atoms with E-state index in [0.29, 0.717) is 18.9 Å². The van der Waals surface area contributed by atoms with Crippen LogP contribution < -0.4 is 21.1 Å². The monoisotopic (exact) mass is 485 g/mol. The minimum atomic E-state index is -1.19. The number of hydrazine groups is 1. The normalized spacial score (nSPS) is 22.8. The molecule has 1 aromatic heterocycles. The number of nitrogens with zero attached hydrogens (tertiary/aromatic N) is 4. The van der Waals surface area contributed by atoms with Gasteiger partial charge >= 0.3 is 6.09 Å². The molecule has 0 spiro atoms. The first kappa shape index (κ1) is 25.2. The minimum Gasteiger partial charge on any atom is -0.465 e. The van der Waals surface area contributed by atoms with Gasteiger partial charge in [-0.25, -0.2) is 4.79 Å². The molecule has 2 aliphatic rings. The Balaban J connectivity index is 1.71. The maximum Gasteiger partial charge on any atom is 0.404 e. The lowest BCUT2D eigenvalue weighted by Gasteiger charge is -2.44. The Bertz CT molecular complexity index is 855. The Morgan fingerprint density at radius 1 is 1.21 bits per heavy atom. The third kappa shape index (κ3) is 6.35. The third-order valence-electron chi connectivity index (χ3n) is 6.92. The molecule has 0 radical (unpaired) electrons. The lowest BCUT2D eigenvalue weighted by molar-refractivity contribution is -0.124. The Kier molecular flexibility index (Phi) is 8.52. The van der Waals surface area contributed by atoms with E-state index < -0.39 is 23.7 Å². The number of carbonyl (C=O) groups excluding carboxylic acids is 1. The maximum absolute atomic E-state index is 15.3. The number of hydrogen-bond donors (Lipinski definition) is 4. The first-order valence-electron chi connectivity index (χ1n) is 11.4. The van der Waals surface area contributed by atoms with E-state index in [4.69, 9.17) is 16.7 Å². The van der Waals surface area contributed by atoms with Gasteiger partial charge in [0.05, 0.1) is 5.92 Å². The highest BCUT2D eigenvalue weighted by atomic mass is 35.5. The fourth-order valence-corrected chi connectivity index (χ4v) is 4.81. The predicted molar refractivity (Wildman–Crippen MR) is 124 cm³/mol. The predicted octanol–water partition coefficient (Wildman–Crippen LogP) is 2.71. The van der Waals surface area contributed by atoms with E-state index in [9.17, 15) is 9.59 Å². The van der Waals surface area contributed by atoms with Gasteiger partial charge in [-0.2, -0.15) is 14.4 Å². The second kappa shape index (κ2) is 11.1. The number of piperazine rings is 1. The van der Waals surface area contributed by atoms with Crippen LogP contribution in [0, 0.1) is 17.7 Å². The molecule has 12 heteroatoms. The molecule has 2 fully saturated rings. The van der Waals surface area contributed by atoms with E-state index in [0.717, 1.165) is 32.2 Å². The number of hydrogen-bond acceptors (Lipinski definition) is 7. The molecule has 3 atom stereocenters. The molecule has 2 heterocycles. The summed E-state index contributed by atoms with van der Waals surface area (Å²) in [6, 6.07) is 0.172. The third-order valence-corrected chi connectivity index (χ3v) is 7.09. The molecule has 0 bridgehead atoms. The highest BCUT2D eigenvalue weighted by Crippen LogP contribution is 2.31. The number of carboxylic acid groups (broad SMARTS) is 1.